The Kier molecular flexibility index (Phi) is 6.91. The first-order chi connectivity index (χ1) is 15.9. The van der Waals surface area contributed by atoms with E-state index in [1.54, 1.807) is 30.3 Å². The van der Waals surface area contributed by atoms with Gasteiger partial charge >= 0.3 is 6.18 Å². The third-order valence-electron chi connectivity index (χ3n) is 4.78. The summed E-state index contributed by atoms with van der Waals surface area (Å²) in [5.74, 6) is -1.38. The van der Waals surface area contributed by atoms with Crippen LogP contribution in [0.1, 0.15) is 48.2 Å². The highest BCUT2D eigenvalue weighted by Crippen LogP contribution is 2.30. The Hall–Kier alpha value is -3.93. The van der Waals surface area contributed by atoms with Crippen LogP contribution in [0.25, 0.3) is 11.1 Å². The van der Waals surface area contributed by atoms with Crippen LogP contribution in [0.3, 0.4) is 0 Å². The predicted octanol–water partition coefficient (Wildman–Crippen LogP) is 5.54. The molecule has 1 N–H and O–H groups in total. The summed E-state index contributed by atoms with van der Waals surface area (Å²) in [5, 5.41) is 10.3. The van der Waals surface area contributed by atoms with Gasteiger partial charge in [-0.1, -0.05) is 62.7 Å². The fraction of sp³-hybridized carbons (Fsp3) is 0.280. The summed E-state index contributed by atoms with van der Waals surface area (Å²) < 4.78 is 39.9. The third kappa shape index (κ3) is 6.32. The van der Waals surface area contributed by atoms with Gasteiger partial charge in [-0.25, -0.2) is 4.98 Å². The average molecular weight is 467 g/mol. The predicted molar refractivity (Wildman–Crippen MR) is 123 cm³/mol. The molecular weight excluding hydrogens is 443 g/mol. The Morgan fingerprint density at radius 2 is 1.56 bits per heavy atom. The van der Waals surface area contributed by atoms with Crippen molar-refractivity contribution < 1.29 is 18.0 Å². The summed E-state index contributed by atoms with van der Waals surface area (Å²) in [5.41, 5.74) is 4.33. The van der Waals surface area contributed by atoms with Gasteiger partial charge in [-0.05, 0) is 35.6 Å². The Labute approximate surface area is 196 Å². The number of hydrogen-bond acceptors (Lipinski definition) is 5. The number of carbonyl (C=O) groups excluding carboxylic acids is 1. The SMILES string of the molecule is Cc1ccc(-c2ccc(C(=O)NN(CC(C)(C)C)c3cc(C(F)(F)F)nc(C#N)n3)cc2)cc1. The summed E-state index contributed by atoms with van der Waals surface area (Å²) in [7, 11) is 0. The van der Waals surface area contributed by atoms with Crippen molar-refractivity contribution in [3.05, 3.63) is 77.2 Å². The normalized spacial score (nSPS) is 11.6. The fourth-order valence-electron chi connectivity index (χ4n) is 3.17. The van der Waals surface area contributed by atoms with E-state index in [0.29, 0.717) is 11.6 Å². The van der Waals surface area contributed by atoms with Crippen molar-refractivity contribution in [2.45, 2.75) is 33.9 Å². The van der Waals surface area contributed by atoms with Crippen LogP contribution < -0.4 is 10.4 Å². The van der Waals surface area contributed by atoms with Gasteiger partial charge in [-0.2, -0.15) is 23.4 Å². The smallest absolute Gasteiger partial charge is 0.267 e. The molecule has 9 heteroatoms. The first kappa shape index (κ1) is 24.7. The van der Waals surface area contributed by atoms with Gasteiger partial charge in [0.2, 0.25) is 5.82 Å². The number of amides is 1. The van der Waals surface area contributed by atoms with Crippen molar-refractivity contribution in [1.29, 1.82) is 5.26 Å². The lowest BCUT2D eigenvalue weighted by Gasteiger charge is -2.31. The van der Waals surface area contributed by atoms with Gasteiger partial charge in [0.05, 0.1) is 0 Å². The summed E-state index contributed by atoms with van der Waals surface area (Å²) in [4.78, 5) is 20.1. The molecule has 0 aliphatic heterocycles. The lowest BCUT2D eigenvalue weighted by molar-refractivity contribution is -0.141. The molecule has 1 heterocycles. The molecule has 0 radical (unpaired) electrons. The largest absolute Gasteiger partial charge is 0.433 e. The van der Waals surface area contributed by atoms with Gasteiger partial charge in [-0.15, -0.1) is 0 Å². The number of nitrogens with zero attached hydrogens (tertiary/aromatic N) is 4. The number of alkyl halides is 3. The monoisotopic (exact) mass is 467 g/mol. The van der Waals surface area contributed by atoms with Crippen LogP contribution in [-0.2, 0) is 6.18 Å². The topological polar surface area (TPSA) is 81.9 Å². The van der Waals surface area contributed by atoms with Gasteiger partial charge in [-0.3, -0.25) is 15.2 Å². The number of anilines is 1. The minimum Gasteiger partial charge on any atom is -0.267 e. The summed E-state index contributed by atoms with van der Waals surface area (Å²) >= 11 is 0. The van der Waals surface area contributed by atoms with Crippen molar-refractivity contribution in [2.24, 2.45) is 5.41 Å². The van der Waals surface area contributed by atoms with Crippen molar-refractivity contribution in [3.63, 3.8) is 0 Å². The molecule has 1 amide bonds. The lowest BCUT2D eigenvalue weighted by atomic mass is 9.96. The van der Waals surface area contributed by atoms with E-state index >= 15 is 0 Å². The maximum atomic E-state index is 13.3. The van der Waals surface area contributed by atoms with E-state index in [2.05, 4.69) is 15.4 Å². The molecule has 0 spiro atoms. The zero-order chi connectivity index (χ0) is 25.1. The van der Waals surface area contributed by atoms with Gasteiger partial charge in [0.1, 0.15) is 6.07 Å². The molecule has 34 heavy (non-hydrogen) atoms. The van der Waals surface area contributed by atoms with Crippen LogP contribution in [0.4, 0.5) is 19.0 Å². The van der Waals surface area contributed by atoms with E-state index in [1.165, 1.54) is 5.01 Å². The summed E-state index contributed by atoms with van der Waals surface area (Å²) in [6.07, 6.45) is -4.77. The fourth-order valence-corrected chi connectivity index (χ4v) is 3.17. The van der Waals surface area contributed by atoms with Gasteiger partial charge in [0, 0.05) is 18.2 Å². The molecule has 0 fully saturated rings. The summed E-state index contributed by atoms with van der Waals surface area (Å²) in [6, 6.07) is 17.1. The average Bonchev–Trinajstić information content (AvgIpc) is 2.77. The number of hydrazine groups is 1. The molecule has 176 valence electrons. The minimum absolute atomic E-state index is 0.138. The highest BCUT2D eigenvalue weighted by molar-refractivity contribution is 5.95. The quantitative estimate of drug-likeness (QED) is 0.498. The minimum atomic E-state index is -4.77. The van der Waals surface area contributed by atoms with Crippen molar-refractivity contribution in [1.82, 2.24) is 15.4 Å². The van der Waals surface area contributed by atoms with Crippen LogP contribution in [0.2, 0.25) is 0 Å². The Morgan fingerprint density at radius 3 is 2.06 bits per heavy atom. The number of nitriles is 1. The highest BCUT2D eigenvalue weighted by atomic mass is 19.4. The number of halogens is 3. The molecule has 3 aromatic rings. The van der Waals surface area contributed by atoms with E-state index < -0.39 is 29.0 Å². The van der Waals surface area contributed by atoms with E-state index in [-0.39, 0.29) is 12.4 Å². The second-order valence-electron chi connectivity index (χ2n) is 9.08. The maximum Gasteiger partial charge on any atom is 0.433 e. The van der Waals surface area contributed by atoms with E-state index in [4.69, 9.17) is 5.26 Å². The number of nitrogens with one attached hydrogen (secondary N) is 1. The molecule has 0 saturated carbocycles. The van der Waals surface area contributed by atoms with Crippen LogP contribution in [-0.4, -0.2) is 22.4 Å². The molecule has 0 bridgehead atoms. The molecular formula is C25H24F3N5O. The molecule has 0 atom stereocenters. The molecule has 0 saturated heterocycles. The summed E-state index contributed by atoms with van der Waals surface area (Å²) in [6.45, 7) is 7.72. The van der Waals surface area contributed by atoms with Crippen molar-refractivity contribution in [2.75, 3.05) is 11.6 Å². The van der Waals surface area contributed by atoms with Crippen molar-refractivity contribution in [3.8, 4) is 17.2 Å². The second kappa shape index (κ2) is 9.51. The molecule has 3 rings (SSSR count). The zero-order valence-electron chi connectivity index (χ0n) is 19.2. The molecule has 1 aromatic heterocycles. The van der Waals surface area contributed by atoms with Gasteiger partial charge in [0.25, 0.3) is 5.91 Å². The van der Waals surface area contributed by atoms with Crippen LogP contribution in [0.15, 0.2) is 54.6 Å². The number of hydrogen-bond donors (Lipinski definition) is 1. The van der Waals surface area contributed by atoms with Crippen LogP contribution >= 0.6 is 0 Å². The third-order valence-corrected chi connectivity index (χ3v) is 4.78. The molecule has 0 aliphatic carbocycles. The first-order valence-corrected chi connectivity index (χ1v) is 10.5. The number of carbonyl (C=O) groups is 1. The van der Waals surface area contributed by atoms with Crippen LogP contribution in [0.5, 0.6) is 0 Å². The Morgan fingerprint density at radius 1 is 1.00 bits per heavy atom. The highest BCUT2D eigenvalue weighted by Gasteiger charge is 2.35. The first-order valence-electron chi connectivity index (χ1n) is 10.5. The molecule has 2 aromatic carbocycles. The Bertz CT molecular complexity index is 1210. The number of aryl methyl sites for hydroxylation is 1. The van der Waals surface area contributed by atoms with Gasteiger partial charge < -0.3 is 0 Å². The van der Waals surface area contributed by atoms with Crippen LogP contribution in [0, 0.1) is 23.7 Å². The molecule has 6 nitrogen and oxygen atoms in total. The van der Waals surface area contributed by atoms with Crippen molar-refractivity contribution >= 4 is 11.7 Å². The van der Waals surface area contributed by atoms with E-state index in [0.717, 1.165) is 16.7 Å². The molecule has 0 unspecified atom stereocenters. The van der Waals surface area contributed by atoms with Gasteiger partial charge in [0.15, 0.2) is 11.5 Å². The standard InChI is InChI=1S/C25H24F3N5O/c1-16-5-7-17(8-6-16)18-9-11-19(12-10-18)23(34)32-33(15-24(2,3)4)22-13-20(25(26,27)28)30-21(14-29)31-22/h5-13H,15H2,1-4H3,(H,32,34). The maximum absolute atomic E-state index is 13.3. The molecule has 0 aliphatic rings. The Balaban J connectivity index is 1.90. The zero-order valence-corrected chi connectivity index (χ0v) is 19.2. The number of rotatable bonds is 5. The second-order valence-corrected chi connectivity index (χ2v) is 9.08. The van der Waals surface area contributed by atoms with E-state index in [1.807, 2.05) is 52.0 Å². The van der Waals surface area contributed by atoms with E-state index in [9.17, 15) is 18.0 Å². The lowest BCUT2D eigenvalue weighted by Crippen LogP contribution is -2.47. The number of aromatic nitrogens is 2. The number of benzene rings is 2.